The lowest BCUT2D eigenvalue weighted by molar-refractivity contribution is 0.0600. The van der Waals surface area contributed by atoms with Crippen molar-refractivity contribution < 1.29 is 36.7 Å². The highest BCUT2D eigenvalue weighted by Crippen LogP contribution is 2.39. The zero-order valence-corrected chi connectivity index (χ0v) is 22.8. The van der Waals surface area contributed by atoms with E-state index >= 15 is 0 Å². The van der Waals surface area contributed by atoms with E-state index < -0.39 is 16.0 Å². The fourth-order valence-electron chi connectivity index (χ4n) is 3.68. The molecular formula is C25H23BrN2O8S. The van der Waals surface area contributed by atoms with Gasteiger partial charge in [0.15, 0.2) is 11.4 Å². The molecule has 12 heteroatoms. The fourth-order valence-corrected chi connectivity index (χ4v) is 5.71. The van der Waals surface area contributed by atoms with Crippen molar-refractivity contribution in [2.75, 3.05) is 32.7 Å². The number of anilines is 1. The predicted molar refractivity (Wildman–Crippen MR) is 139 cm³/mol. The van der Waals surface area contributed by atoms with Gasteiger partial charge in [-0.3, -0.25) is 0 Å². The standard InChI is InChI=1S/C25H23BrN2O8S/c1-32-17-8-5-15(6-9-17)14-28(24-18-12-21(33-2)19(26)13-20(18)36-27-24)37(30,31)23-10-7-16(25(29)35-4)11-22(23)34-3/h5-13H,14H2,1-4H3. The van der Waals surface area contributed by atoms with E-state index in [1.807, 2.05) is 0 Å². The quantitative estimate of drug-likeness (QED) is 0.253. The van der Waals surface area contributed by atoms with Crippen LogP contribution >= 0.6 is 15.9 Å². The van der Waals surface area contributed by atoms with E-state index in [4.69, 9.17) is 23.5 Å². The van der Waals surface area contributed by atoms with Crippen LogP contribution in [0.2, 0.25) is 0 Å². The molecule has 0 saturated heterocycles. The lowest BCUT2D eigenvalue weighted by Crippen LogP contribution is -2.31. The molecule has 0 radical (unpaired) electrons. The minimum Gasteiger partial charge on any atom is -0.497 e. The number of fused-ring (bicyclic) bond motifs is 1. The molecule has 0 spiro atoms. The van der Waals surface area contributed by atoms with Crippen LogP contribution in [0.4, 0.5) is 5.82 Å². The minimum atomic E-state index is -4.30. The topological polar surface area (TPSA) is 117 Å². The molecule has 4 rings (SSSR count). The van der Waals surface area contributed by atoms with Crippen LogP contribution in [0.1, 0.15) is 15.9 Å². The minimum absolute atomic E-state index is 0.0317. The average molecular weight is 591 g/mol. The third-order valence-electron chi connectivity index (χ3n) is 5.60. The average Bonchev–Trinajstić information content (AvgIpc) is 3.32. The van der Waals surface area contributed by atoms with Gasteiger partial charge in [-0.05, 0) is 57.9 Å². The molecule has 0 unspecified atom stereocenters. The molecular weight excluding hydrogens is 568 g/mol. The first kappa shape index (κ1) is 26.3. The maximum Gasteiger partial charge on any atom is 0.337 e. The second-order valence-corrected chi connectivity index (χ2v) is 10.4. The highest BCUT2D eigenvalue weighted by molar-refractivity contribution is 9.10. The number of ether oxygens (including phenoxy) is 4. The molecule has 1 heterocycles. The number of esters is 1. The highest BCUT2D eigenvalue weighted by Gasteiger charge is 2.33. The zero-order valence-electron chi connectivity index (χ0n) is 20.3. The Morgan fingerprint density at radius 2 is 1.65 bits per heavy atom. The van der Waals surface area contributed by atoms with Crippen LogP contribution < -0.4 is 18.5 Å². The van der Waals surface area contributed by atoms with Crippen LogP contribution in [0.3, 0.4) is 0 Å². The van der Waals surface area contributed by atoms with Crippen LogP contribution in [0, 0.1) is 0 Å². The summed E-state index contributed by atoms with van der Waals surface area (Å²) in [5.41, 5.74) is 1.15. The van der Waals surface area contributed by atoms with Crippen molar-refractivity contribution in [1.29, 1.82) is 0 Å². The van der Waals surface area contributed by atoms with E-state index in [1.165, 1.54) is 39.5 Å². The highest BCUT2D eigenvalue weighted by atomic mass is 79.9. The van der Waals surface area contributed by atoms with Crippen LogP contribution in [-0.4, -0.2) is 48.0 Å². The number of hydrogen-bond donors (Lipinski definition) is 0. The molecule has 4 aromatic rings. The first-order chi connectivity index (χ1) is 17.7. The SMILES string of the molecule is COC(=O)c1ccc(S(=O)(=O)N(Cc2ccc(OC)cc2)c2noc3cc(Br)c(OC)cc23)c(OC)c1. The number of hydrogen-bond acceptors (Lipinski definition) is 9. The Morgan fingerprint density at radius 1 is 0.946 bits per heavy atom. The summed E-state index contributed by atoms with van der Waals surface area (Å²) in [6.45, 7) is -0.0890. The van der Waals surface area contributed by atoms with Gasteiger partial charge in [-0.25, -0.2) is 17.5 Å². The summed E-state index contributed by atoms with van der Waals surface area (Å²) in [6.07, 6.45) is 0. The van der Waals surface area contributed by atoms with E-state index in [1.54, 1.807) is 43.5 Å². The van der Waals surface area contributed by atoms with Gasteiger partial charge in [0.05, 0.1) is 50.4 Å². The first-order valence-electron chi connectivity index (χ1n) is 10.8. The van der Waals surface area contributed by atoms with Gasteiger partial charge in [0, 0.05) is 6.07 Å². The normalized spacial score (nSPS) is 11.3. The molecule has 0 amide bonds. The third kappa shape index (κ3) is 5.07. The lowest BCUT2D eigenvalue weighted by Gasteiger charge is -2.23. The Labute approximate surface area is 221 Å². The Morgan fingerprint density at radius 3 is 2.27 bits per heavy atom. The Kier molecular flexibility index (Phi) is 7.60. The number of carbonyl (C=O) groups excluding carboxylic acids is 1. The summed E-state index contributed by atoms with van der Waals surface area (Å²) < 4.78 is 56.2. The summed E-state index contributed by atoms with van der Waals surface area (Å²) in [6, 6.07) is 14.2. The Balaban J connectivity index is 1.90. The summed E-state index contributed by atoms with van der Waals surface area (Å²) in [4.78, 5) is 11.8. The molecule has 37 heavy (non-hydrogen) atoms. The monoisotopic (exact) mass is 590 g/mol. The van der Waals surface area contributed by atoms with Gasteiger partial charge in [0.25, 0.3) is 10.0 Å². The first-order valence-corrected chi connectivity index (χ1v) is 13.0. The van der Waals surface area contributed by atoms with Gasteiger partial charge in [0.2, 0.25) is 0 Å². The summed E-state index contributed by atoms with van der Waals surface area (Å²) in [7, 11) is 1.29. The lowest BCUT2D eigenvalue weighted by atomic mass is 10.2. The molecule has 10 nitrogen and oxygen atoms in total. The second kappa shape index (κ2) is 10.7. The number of sulfonamides is 1. The van der Waals surface area contributed by atoms with E-state index in [2.05, 4.69) is 21.1 Å². The molecule has 0 N–H and O–H groups in total. The molecule has 0 aliphatic rings. The van der Waals surface area contributed by atoms with Gasteiger partial charge in [-0.1, -0.05) is 17.3 Å². The number of aromatic nitrogens is 1. The molecule has 0 fully saturated rings. The molecule has 1 aromatic heterocycles. The summed E-state index contributed by atoms with van der Waals surface area (Å²) in [5, 5.41) is 4.52. The Bertz CT molecular complexity index is 1550. The van der Waals surface area contributed by atoms with E-state index in [9.17, 15) is 13.2 Å². The number of benzene rings is 3. The smallest absolute Gasteiger partial charge is 0.337 e. The van der Waals surface area contributed by atoms with E-state index in [0.29, 0.717) is 32.5 Å². The maximum absolute atomic E-state index is 14.1. The van der Waals surface area contributed by atoms with Gasteiger partial charge >= 0.3 is 5.97 Å². The van der Waals surface area contributed by atoms with Gasteiger partial charge in [0.1, 0.15) is 22.1 Å². The van der Waals surface area contributed by atoms with Crippen LogP contribution in [0.25, 0.3) is 11.0 Å². The fraction of sp³-hybridized carbons (Fsp3) is 0.200. The van der Waals surface area contributed by atoms with Crippen LogP contribution in [0.15, 0.2) is 68.5 Å². The van der Waals surface area contributed by atoms with Crippen molar-refractivity contribution in [1.82, 2.24) is 5.16 Å². The number of methoxy groups -OCH3 is 4. The molecule has 3 aromatic carbocycles. The third-order valence-corrected chi connectivity index (χ3v) is 7.99. The van der Waals surface area contributed by atoms with Gasteiger partial charge in [-0.15, -0.1) is 0 Å². The van der Waals surface area contributed by atoms with Gasteiger partial charge in [-0.2, -0.15) is 0 Å². The molecule has 0 bridgehead atoms. The second-order valence-electron chi connectivity index (χ2n) is 7.71. The van der Waals surface area contributed by atoms with Gasteiger partial charge < -0.3 is 23.5 Å². The Hall–Kier alpha value is -3.77. The van der Waals surface area contributed by atoms with Crippen molar-refractivity contribution >= 4 is 48.7 Å². The van der Waals surface area contributed by atoms with Crippen molar-refractivity contribution in [3.63, 3.8) is 0 Å². The summed E-state index contributed by atoms with van der Waals surface area (Å²) in [5.74, 6) is 0.488. The van der Waals surface area contributed by atoms with Crippen LogP contribution in [0.5, 0.6) is 17.2 Å². The number of rotatable bonds is 9. The number of carbonyl (C=O) groups is 1. The van der Waals surface area contributed by atoms with Crippen molar-refractivity contribution in [3.05, 3.63) is 70.2 Å². The molecule has 0 aliphatic carbocycles. The van der Waals surface area contributed by atoms with E-state index in [0.717, 1.165) is 4.31 Å². The largest absolute Gasteiger partial charge is 0.497 e. The molecule has 0 atom stereocenters. The van der Waals surface area contributed by atoms with Crippen molar-refractivity contribution in [2.45, 2.75) is 11.4 Å². The summed E-state index contributed by atoms with van der Waals surface area (Å²) >= 11 is 3.40. The molecule has 194 valence electrons. The maximum atomic E-state index is 14.1. The number of nitrogens with zero attached hydrogens (tertiary/aromatic N) is 2. The number of halogens is 1. The van der Waals surface area contributed by atoms with Crippen LogP contribution in [-0.2, 0) is 21.3 Å². The van der Waals surface area contributed by atoms with Crippen molar-refractivity contribution in [3.8, 4) is 17.2 Å². The van der Waals surface area contributed by atoms with E-state index in [-0.39, 0.29) is 28.6 Å². The zero-order chi connectivity index (χ0) is 26.7. The molecule has 0 saturated carbocycles. The predicted octanol–water partition coefficient (Wildman–Crippen LogP) is 4.80. The van der Waals surface area contributed by atoms with Crippen molar-refractivity contribution in [2.24, 2.45) is 0 Å². The molecule has 0 aliphatic heterocycles.